The molecule has 0 aliphatic carbocycles. The van der Waals surface area contributed by atoms with Crippen molar-refractivity contribution in [2.45, 2.75) is 58.0 Å². The molecule has 0 bridgehead atoms. The average Bonchev–Trinajstić information content (AvgIpc) is 2.99. The van der Waals surface area contributed by atoms with E-state index in [1.807, 2.05) is 29.7 Å². The first-order chi connectivity index (χ1) is 14.8. The molecule has 0 spiro atoms. The number of carbonyl (C=O) groups is 1. The molecule has 1 aliphatic heterocycles. The molecule has 32 heavy (non-hydrogen) atoms. The topological polar surface area (TPSA) is 54.7 Å². The Morgan fingerprint density at radius 3 is 2.28 bits per heavy atom. The summed E-state index contributed by atoms with van der Waals surface area (Å²) in [5, 5.41) is 12.2. The largest absolute Gasteiger partial charge is 0.444 e. The fourth-order valence-electron chi connectivity index (χ4n) is 4.41. The van der Waals surface area contributed by atoms with E-state index in [0.29, 0.717) is 29.3 Å². The van der Waals surface area contributed by atoms with Crippen LogP contribution in [0.2, 0.25) is 0 Å². The van der Waals surface area contributed by atoms with E-state index in [2.05, 4.69) is 0 Å². The van der Waals surface area contributed by atoms with Crippen LogP contribution < -0.4 is 0 Å². The summed E-state index contributed by atoms with van der Waals surface area (Å²) in [5.74, 6) is 0. The molecule has 0 unspecified atom stereocenters. The van der Waals surface area contributed by atoms with Crippen LogP contribution in [-0.4, -0.2) is 45.5 Å². The van der Waals surface area contributed by atoms with Crippen molar-refractivity contribution in [1.29, 1.82) is 0 Å². The third kappa shape index (κ3) is 4.16. The number of fused-ring (bicyclic) bond motifs is 3. The maximum atomic E-state index is 13.4. The van der Waals surface area contributed by atoms with Crippen molar-refractivity contribution in [3.05, 3.63) is 47.5 Å². The summed E-state index contributed by atoms with van der Waals surface area (Å²) in [4.78, 5) is 13.9. The highest BCUT2D eigenvalue weighted by molar-refractivity contribution is 6.08. The van der Waals surface area contributed by atoms with E-state index in [-0.39, 0.29) is 12.6 Å². The Balaban J connectivity index is 1.75. The molecule has 2 atom stereocenters. The Kier molecular flexibility index (Phi) is 5.40. The van der Waals surface area contributed by atoms with Gasteiger partial charge in [0, 0.05) is 28.4 Å². The Hall–Kier alpha value is -2.74. The van der Waals surface area contributed by atoms with Crippen LogP contribution >= 0.6 is 0 Å². The predicted octanol–water partition coefficient (Wildman–Crippen LogP) is 5.66. The molecule has 1 amide bonds. The van der Waals surface area contributed by atoms with Gasteiger partial charge in [-0.25, -0.2) is 4.79 Å². The highest BCUT2D eigenvalue weighted by atomic mass is 19.4. The number of halogens is 3. The maximum absolute atomic E-state index is 13.4. The van der Waals surface area contributed by atoms with E-state index in [4.69, 9.17) is 4.74 Å². The SMILES string of the molecule is Cc1ccc2c(c1)c1cc(C(F)(F)F)ccc1n2[C@@H]1CCN(C(=O)OC(C)(C)C)C[C@H]1O. The number of aromatic nitrogens is 1. The summed E-state index contributed by atoms with van der Waals surface area (Å²) >= 11 is 0. The lowest BCUT2D eigenvalue weighted by Crippen LogP contribution is -2.48. The Labute approximate surface area is 184 Å². The van der Waals surface area contributed by atoms with Crippen LogP contribution in [0.3, 0.4) is 0 Å². The monoisotopic (exact) mass is 448 g/mol. The molecule has 1 N–H and O–H groups in total. The molecular formula is C24H27F3N2O3. The molecule has 3 aromatic rings. The minimum Gasteiger partial charge on any atom is -0.444 e. The third-order valence-electron chi connectivity index (χ3n) is 5.81. The number of benzene rings is 2. The molecule has 8 heteroatoms. The van der Waals surface area contributed by atoms with Crippen molar-refractivity contribution >= 4 is 27.9 Å². The van der Waals surface area contributed by atoms with E-state index >= 15 is 0 Å². The lowest BCUT2D eigenvalue weighted by molar-refractivity contribution is -0.137. The standard InChI is InChI=1S/C24H27F3N2O3/c1-14-5-7-18-16(11-14)17-12-15(24(25,26)27)6-8-19(17)29(18)20-9-10-28(13-21(20)30)22(31)32-23(2,3)4/h5-8,11-12,20-21,30H,9-10,13H2,1-4H3/t20-,21-/m1/s1. The number of alkyl halides is 3. The van der Waals surface area contributed by atoms with Gasteiger partial charge in [-0.3, -0.25) is 0 Å². The number of likely N-dealkylation sites (tertiary alicyclic amines) is 1. The normalized spacial score (nSPS) is 20.2. The zero-order valence-electron chi connectivity index (χ0n) is 18.5. The maximum Gasteiger partial charge on any atom is 0.416 e. The minimum atomic E-state index is -4.44. The van der Waals surface area contributed by atoms with Crippen LogP contribution in [0.1, 0.15) is 44.4 Å². The van der Waals surface area contributed by atoms with Crippen LogP contribution in [-0.2, 0) is 10.9 Å². The van der Waals surface area contributed by atoms with Crippen LogP contribution in [0.25, 0.3) is 21.8 Å². The first kappa shape index (κ1) is 22.5. The molecule has 1 aliphatic rings. The van der Waals surface area contributed by atoms with E-state index in [1.54, 1.807) is 20.8 Å². The summed E-state index contributed by atoms with van der Waals surface area (Å²) in [6, 6.07) is 9.00. The lowest BCUT2D eigenvalue weighted by atomic mass is 10.0. The van der Waals surface area contributed by atoms with Crippen molar-refractivity contribution in [3.8, 4) is 0 Å². The van der Waals surface area contributed by atoms with E-state index in [9.17, 15) is 23.1 Å². The quantitative estimate of drug-likeness (QED) is 0.522. The summed E-state index contributed by atoms with van der Waals surface area (Å²) < 4.78 is 47.4. The van der Waals surface area contributed by atoms with Gasteiger partial charge in [0.1, 0.15) is 5.60 Å². The average molecular weight is 448 g/mol. The van der Waals surface area contributed by atoms with Crippen molar-refractivity contribution in [2.75, 3.05) is 13.1 Å². The van der Waals surface area contributed by atoms with Crippen LogP contribution in [0, 0.1) is 6.92 Å². The number of piperidine rings is 1. The van der Waals surface area contributed by atoms with Gasteiger partial charge in [0.05, 0.1) is 24.3 Å². The highest BCUT2D eigenvalue weighted by Crippen LogP contribution is 2.39. The van der Waals surface area contributed by atoms with Gasteiger partial charge in [0.15, 0.2) is 0 Å². The number of carbonyl (C=O) groups excluding carboxylic acids is 1. The van der Waals surface area contributed by atoms with Gasteiger partial charge in [-0.15, -0.1) is 0 Å². The summed E-state index contributed by atoms with van der Waals surface area (Å²) in [7, 11) is 0. The van der Waals surface area contributed by atoms with Crippen LogP contribution in [0.4, 0.5) is 18.0 Å². The van der Waals surface area contributed by atoms with Gasteiger partial charge in [-0.1, -0.05) is 11.6 Å². The summed E-state index contributed by atoms with van der Waals surface area (Å²) in [6.45, 7) is 7.71. The van der Waals surface area contributed by atoms with Gasteiger partial charge in [0.2, 0.25) is 0 Å². The number of aryl methyl sites for hydroxylation is 1. The Bertz CT molecular complexity index is 1180. The smallest absolute Gasteiger partial charge is 0.416 e. The molecule has 1 aromatic heterocycles. The number of amides is 1. The van der Waals surface area contributed by atoms with Gasteiger partial charge in [-0.2, -0.15) is 13.2 Å². The fraction of sp³-hybridized carbons (Fsp3) is 0.458. The number of nitrogens with zero attached hydrogens (tertiary/aromatic N) is 2. The number of hydrogen-bond donors (Lipinski definition) is 1. The van der Waals surface area contributed by atoms with E-state index < -0.39 is 29.5 Å². The van der Waals surface area contributed by atoms with Crippen molar-refractivity contribution in [2.24, 2.45) is 0 Å². The molecule has 4 rings (SSSR count). The number of hydrogen-bond acceptors (Lipinski definition) is 3. The van der Waals surface area contributed by atoms with Gasteiger partial charge < -0.3 is 19.3 Å². The van der Waals surface area contributed by atoms with Crippen LogP contribution in [0.15, 0.2) is 36.4 Å². The molecule has 172 valence electrons. The predicted molar refractivity (Wildman–Crippen MR) is 117 cm³/mol. The number of aliphatic hydroxyl groups excluding tert-OH is 1. The zero-order chi connectivity index (χ0) is 23.4. The number of aliphatic hydroxyl groups is 1. The number of ether oxygens (including phenoxy) is 1. The second-order valence-corrected chi connectivity index (χ2v) is 9.47. The minimum absolute atomic E-state index is 0.0905. The van der Waals surface area contributed by atoms with Crippen LogP contribution in [0.5, 0.6) is 0 Å². The molecule has 5 nitrogen and oxygen atoms in total. The molecule has 2 aromatic carbocycles. The summed E-state index contributed by atoms with van der Waals surface area (Å²) in [6.07, 6.45) is -5.36. The van der Waals surface area contributed by atoms with Crippen molar-refractivity contribution in [3.63, 3.8) is 0 Å². The van der Waals surface area contributed by atoms with E-state index in [1.165, 1.54) is 17.0 Å². The number of rotatable bonds is 1. The molecular weight excluding hydrogens is 421 g/mol. The second kappa shape index (κ2) is 7.69. The zero-order valence-corrected chi connectivity index (χ0v) is 18.5. The first-order valence-electron chi connectivity index (χ1n) is 10.6. The molecule has 2 heterocycles. The highest BCUT2D eigenvalue weighted by Gasteiger charge is 2.36. The molecule has 1 saturated heterocycles. The molecule has 0 saturated carbocycles. The summed E-state index contributed by atoms with van der Waals surface area (Å²) in [5.41, 5.74) is 0.993. The van der Waals surface area contributed by atoms with Gasteiger partial charge >= 0.3 is 12.3 Å². The Morgan fingerprint density at radius 2 is 1.69 bits per heavy atom. The third-order valence-corrected chi connectivity index (χ3v) is 5.81. The lowest BCUT2D eigenvalue weighted by Gasteiger charge is -2.37. The van der Waals surface area contributed by atoms with Gasteiger partial charge in [-0.05, 0) is 64.4 Å². The molecule has 0 radical (unpaired) electrons. The first-order valence-corrected chi connectivity index (χ1v) is 10.6. The molecule has 1 fully saturated rings. The van der Waals surface area contributed by atoms with Crippen molar-refractivity contribution in [1.82, 2.24) is 9.47 Å². The van der Waals surface area contributed by atoms with Crippen molar-refractivity contribution < 1.29 is 27.8 Å². The van der Waals surface area contributed by atoms with E-state index in [0.717, 1.165) is 17.1 Å². The Morgan fingerprint density at radius 1 is 1.06 bits per heavy atom. The fourth-order valence-corrected chi connectivity index (χ4v) is 4.41. The van der Waals surface area contributed by atoms with Gasteiger partial charge in [0.25, 0.3) is 0 Å². The second-order valence-electron chi connectivity index (χ2n) is 9.47. The number of β-amino-alcohol motifs (C(OH)–C–C–N with tert-alkyl or cyclic N) is 1.